The fraction of sp³-hybridized carbons (Fsp3) is 0.533. The fourth-order valence-electron chi connectivity index (χ4n) is 2.69. The number of carbonyl (C=O) groups is 1. The number of ether oxygens (including phenoxy) is 1. The molecule has 104 valence electrons. The third-order valence-corrected chi connectivity index (χ3v) is 3.67. The molecule has 4 nitrogen and oxygen atoms in total. The quantitative estimate of drug-likeness (QED) is 0.886. The van der Waals surface area contributed by atoms with E-state index < -0.39 is 5.97 Å². The lowest BCUT2D eigenvalue weighted by Gasteiger charge is -2.35. The Morgan fingerprint density at radius 1 is 1.47 bits per heavy atom. The molecule has 1 aliphatic rings. The van der Waals surface area contributed by atoms with Gasteiger partial charge in [-0.15, -0.1) is 0 Å². The molecule has 2 rings (SSSR count). The summed E-state index contributed by atoms with van der Waals surface area (Å²) < 4.78 is 5.28. The average molecular weight is 263 g/mol. The number of carboxylic acids is 1. The normalized spacial score (nSPS) is 20.4. The molecule has 4 heteroatoms. The zero-order chi connectivity index (χ0) is 13.7. The lowest BCUT2D eigenvalue weighted by atomic mass is 10.0. The Hall–Kier alpha value is -1.39. The highest BCUT2D eigenvalue weighted by atomic mass is 16.5. The second kappa shape index (κ2) is 6.68. The Bertz CT molecular complexity index is 431. The lowest BCUT2D eigenvalue weighted by Crippen LogP contribution is -2.41. The Morgan fingerprint density at radius 3 is 3.05 bits per heavy atom. The van der Waals surface area contributed by atoms with Crippen LogP contribution in [0.5, 0.6) is 0 Å². The van der Waals surface area contributed by atoms with Gasteiger partial charge >= 0.3 is 5.97 Å². The Balaban J connectivity index is 2.06. The van der Waals surface area contributed by atoms with E-state index in [1.54, 1.807) is 19.2 Å². The molecule has 19 heavy (non-hydrogen) atoms. The van der Waals surface area contributed by atoms with Crippen LogP contribution >= 0.6 is 0 Å². The molecule has 1 aliphatic heterocycles. The van der Waals surface area contributed by atoms with Crippen LogP contribution in [0.25, 0.3) is 0 Å². The van der Waals surface area contributed by atoms with Crippen LogP contribution in [-0.2, 0) is 11.3 Å². The summed E-state index contributed by atoms with van der Waals surface area (Å²) in [5.41, 5.74) is 1.42. The maximum absolute atomic E-state index is 11.0. The van der Waals surface area contributed by atoms with Gasteiger partial charge in [-0.25, -0.2) is 4.79 Å². The molecule has 0 aliphatic carbocycles. The maximum Gasteiger partial charge on any atom is 0.335 e. The molecule has 1 atom stereocenters. The van der Waals surface area contributed by atoms with Gasteiger partial charge in [0.25, 0.3) is 0 Å². The Kier molecular flexibility index (Phi) is 4.93. The van der Waals surface area contributed by atoms with Crippen molar-refractivity contribution < 1.29 is 14.6 Å². The van der Waals surface area contributed by atoms with Crippen LogP contribution in [-0.4, -0.2) is 42.3 Å². The van der Waals surface area contributed by atoms with Gasteiger partial charge in [0.1, 0.15) is 0 Å². The van der Waals surface area contributed by atoms with E-state index in [4.69, 9.17) is 9.84 Å². The zero-order valence-electron chi connectivity index (χ0n) is 11.3. The summed E-state index contributed by atoms with van der Waals surface area (Å²) in [6.07, 6.45) is 3.62. The first-order chi connectivity index (χ1) is 9.20. The fourth-order valence-corrected chi connectivity index (χ4v) is 2.69. The van der Waals surface area contributed by atoms with Crippen LogP contribution < -0.4 is 0 Å². The van der Waals surface area contributed by atoms with Crippen LogP contribution in [0.1, 0.15) is 35.2 Å². The van der Waals surface area contributed by atoms with E-state index >= 15 is 0 Å². The first kappa shape index (κ1) is 14.0. The van der Waals surface area contributed by atoms with E-state index in [1.807, 2.05) is 12.1 Å². The van der Waals surface area contributed by atoms with Gasteiger partial charge in [0.05, 0.1) is 12.2 Å². The molecule has 0 aromatic heterocycles. The molecule has 0 unspecified atom stereocenters. The maximum atomic E-state index is 11.0. The topological polar surface area (TPSA) is 49.8 Å². The highest BCUT2D eigenvalue weighted by Gasteiger charge is 2.22. The number of hydrogen-bond donors (Lipinski definition) is 1. The number of methoxy groups -OCH3 is 1. The molecular weight excluding hydrogens is 242 g/mol. The van der Waals surface area contributed by atoms with Crippen molar-refractivity contribution in [3.05, 3.63) is 35.4 Å². The van der Waals surface area contributed by atoms with Crippen molar-refractivity contribution in [2.24, 2.45) is 0 Å². The molecule has 0 spiro atoms. The first-order valence-corrected chi connectivity index (χ1v) is 6.76. The molecule has 1 aromatic carbocycles. The van der Waals surface area contributed by atoms with Crippen LogP contribution in [0.3, 0.4) is 0 Å². The van der Waals surface area contributed by atoms with Crippen LogP contribution in [0.2, 0.25) is 0 Å². The van der Waals surface area contributed by atoms with E-state index in [0.29, 0.717) is 11.6 Å². The first-order valence-electron chi connectivity index (χ1n) is 6.76. The largest absolute Gasteiger partial charge is 0.478 e. The van der Waals surface area contributed by atoms with Crippen molar-refractivity contribution in [2.45, 2.75) is 31.8 Å². The minimum absolute atomic E-state index is 0.359. The number of nitrogens with zero attached hydrogens (tertiary/aromatic N) is 1. The monoisotopic (exact) mass is 263 g/mol. The summed E-state index contributed by atoms with van der Waals surface area (Å²) in [7, 11) is 1.73. The number of likely N-dealkylation sites (tertiary alicyclic amines) is 1. The van der Waals surface area contributed by atoms with E-state index in [2.05, 4.69) is 4.90 Å². The third-order valence-electron chi connectivity index (χ3n) is 3.67. The van der Waals surface area contributed by atoms with Gasteiger partial charge in [-0.05, 0) is 37.1 Å². The van der Waals surface area contributed by atoms with E-state index in [9.17, 15) is 4.79 Å². The number of piperidine rings is 1. The minimum atomic E-state index is -0.867. The van der Waals surface area contributed by atoms with E-state index in [0.717, 1.165) is 31.7 Å². The Morgan fingerprint density at radius 2 is 2.32 bits per heavy atom. The third kappa shape index (κ3) is 3.78. The van der Waals surface area contributed by atoms with Gasteiger partial charge < -0.3 is 9.84 Å². The highest BCUT2D eigenvalue weighted by Crippen LogP contribution is 2.20. The predicted molar refractivity (Wildman–Crippen MR) is 73.3 cm³/mol. The predicted octanol–water partition coefficient (Wildman–Crippen LogP) is 2.39. The average Bonchev–Trinajstić information content (AvgIpc) is 2.41. The van der Waals surface area contributed by atoms with Gasteiger partial charge in [-0.1, -0.05) is 18.6 Å². The van der Waals surface area contributed by atoms with Crippen molar-refractivity contribution in [2.75, 3.05) is 20.3 Å². The molecule has 1 fully saturated rings. The van der Waals surface area contributed by atoms with Gasteiger partial charge in [-0.3, -0.25) is 4.90 Å². The summed E-state index contributed by atoms with van der Waals surface area (Å²) in [4.78, 5) is 13.4. The van der Waals surface area contributed by atoms with Crippen molar-refractivity contribution in [1.29, 1.82) is 0 Å². The molecular formula is C15H21NO3. The zero-order valence-corrected chi connectivity index (χ0v) is 11.3. The number of carboxylic acid groups (broad SMARTS) is 1. The van der Waals surface area contributed by atoms with Gasteiger partial charge in [-0.2, -0.15) is 0 Å². The molecule has 1 saturated heterocycles. The second-order valence-electron chi connectivity index (χ2n) is 5.08. The molecule has 0 bridgehead atoms. The highest BCUT2D eigenvalue weighted by molar-refractivity contribution is 5.87. The number of benzene rings is 1. The standard InChI is InChI=1S/C15H21NO3/c1-19-11-14-7-2-3-8-16(14)10-12-5-4-6-13(9-12)15(17)18/h4-6,9,14H,2-3,7-8,10-11H2,1H3,(H,17,18)/t14-/m1/s1. The van der Waals surface area contributed by atoms with Crippen LogP contribution in [0, 0.1) is 0 Å². The summed E-state index contributed by atoms with van der Waals surface area (Å²) in [5, 5.41) is 9.02. The molecule has 1 N–H and O–H groups in total. The van der Waals surface area contributed by atoms with Crippen LogP contribution in [0.15, 0.2) is 24.3 Å². The summed E-state index contributed by atoms with van der Waals surface area (Å²) in [5.74, 6) is -0.867. The number of rotatable bonds is 5. The minimum Gasteiger partial charge on any atom is -0.478 e. The molecule has 1 heterocycles. The molecule has 0 saturated carbocycles. The van der Waals surface area contributed by atoms with E-state index in [-0.39, 0.29) is 0 Å². The van der Waals surface area contributed by atoms with Gasteiger partial charge in [0, 0.05) is 19.7 Å². The van der Waals surface area contributed by atoms with Crippen molar-refractivity contribution in [3.63, 3.8) is 0 Å². The lowest BCUT2D eigenvalue weighted by molar-refractivity contribution is 0.0599. The van der Waals surface area contributed by atoms with Gasteiger partial charge in [0.15, 0.2) is 0 Å². The summed E-state index contributed by atoms with van der Waals surface area (Å²) >= 11 is 0. The number of hydrogen-bond acceptors (Lipinski definition) is 3. The van der Waals surface area contributed by atoms with Crippen molar-refractivity contribution in [1.82, 2.24) is 4.90 Å². The van der Waals surface area contributed by atoms with E-state index in [1.165, 1.54) is 12.8 Å². The summed E-state index contributed by atoms with van der Waals surface area (Å²) in [6, 6.07) is 7.65. The smallest absolute Gasteiger partial charge is 0.335 e. The van der Waals surface area contributed by atoms with Crippen molar-refractivity contribution in [3.8, 4) is 0 Å². The molecule has 0 radical (unpaired) electrons. The van der Waals surface area contributed by atoms with Crippen molar-refractivity contribution >= 4 is 5.97 Å². The molecule has 0 amide bonds. The van der Waals surface area contributed by atoms with Gasteiger partial charge in [0.2, 0.25) is 0 Å². The molecule has 1 aromatic rings. The van der Waals surface area contributed by atoms with Crippen LogP contribution in [0.4, 0.5) is 0 Å². The number of aromatic carboxylic acids is 1. The SMILES string of the molecule is COC[C@H]1CCCCN1Cc1cccc(C(=O)O)c1. The Labute approximate surface area is 114 Å². The summed E-state index contributed by atoms with van der Waals surface area (Å²) in [6.45, 7) is 2.61. The second-order valence-corrected chi connectivity index (χ2v) is 5.08.